The van der Waals surface area contributed by atoms with Crippen molar-refractivity contribution < 1.29 is 18.3 Å². The number of nitrogens with zero attached hydrogens (tertiary/aromatic N) is 2. The molecule has 5 rings (SSSR count). The van der Waals surface area contributed by atoms with Gasteiger partial charge in [-0.05, 0) is 22.4 Å². The first-order valence-electron chi connectivity index (χ1n) is 10.5. The van der Waals surface area contributed by atoms with Gasteiger partial charge < -0.3 is 15.0 Å². The van der Waals surface area contributed by atoms with Gasteiger partial charge in [0.25, 0.3) is 5.19 Å². The smallest absolute Gasteiger partial charge is 0.317 e. The first kappa shape index (κ1) is 20.6. The molecule has 0 atom stereocenters. The van der Waals surface area contributed by atoms with Crippen LogP contribution in [-0.4, -0.2) is 35.1 Å². The molecule has 3 aromatic carbocycles. The van der Waals surface area contributed by atoms with E-state index in [-0.39, 0.29) is 17.7 Å². The van der Waals surface area contributed by atoms with Crippen LogP contribution < -0.4 is 10.1 Å². The highest BCUT2D eigenvalue weighted by molar-refractivity contribution is 7.20. The van der Waals surface area contributed by atoms with Gasteiger partial charge >= 0.3 is 6.03 Å². The van der Waals surface area contributed by atoms with E-state index in [2.05, 4.69) is 28.5 Å². The predicted octanol–water partition coefficient (Wildman–Crippen LogP) is 5.48. The van der Waals surface area contributed by atoms with Gasteiger partial charge in [0, 0.05) is 38.5 Å². The van der Waals surface area contributed by atoms with Gasteiger partial charge in [-0.2, -0.15) is 4.98 Å². The fourth-order valence-electron chi connectivity index (χ4n) is 4.04. The molecule has 32 heavy (non-hydrogen) atoms. The summed E-state index contributed by atoms with van der Waals surface area (Å²) in [4.78, 5) is 18.6. The number of aromatic nitrogens is 1. The zero-order valence-corrected chi connectivity index (χ0v) is 18.0. The number of ether oxygens (including phenoxy) is 1. The lowest BCUT2D eigenvalue weighted by molar-refractivity contribution is 0.111. The minimum atomic E-state index is -0.691. The minimum absolute atomic E-state index is 0.103. The molecule has 4 aromatic rings. The van der Waals surface area contributed by atoms with Crippen LogP contribution in [0.3, 0.4) is 0 Å². The molecule has 2 amide bonds. The molecule has 1 saturated heterocycles. The second kappa shape index (κ2) is 8.70. The summed E-state index contributed by atoms with van der Waals surface area (Å²) in [5.74, 6) is -1.32. The van der Waals surface area contributed by atoms with Crippen LogP contribution in [0, 0.1) is 11.6 Å². The number of hydrogen-bond acceptors (Lipinski definition) is 4. The standard InChI is InChI=1S/C24H21F2N3O2S/c25-17-12-20(26)22-21(13-17)32-24(28-22)31-18-8-10-29(11-9-18)23(30)27-14-16-6-3-5-15-4-1-2-7-19(15)16/h1-7,12-13,18H,8-11,14H2,(H,27,30). The first-order valence-corrected chi connectivity index (χ1v) is 11.3. The molecule has 1 N–H and O–H groups in total. The molecule has 1 fully saturated rings. The highest BCUT2D eigenvalue weighted by atomic mass is 32.1. The monoisotopic (exact) mass is 453 g/mol. The number of nitrogens with one attached hydrogen (secondary N) is 1. The summed E-state index contributed by atoms with van der Waals surface area (Å²) in [6, 6.07) is 16.2. The molecule has 5 nitrogen and oxygen atoms in total. The third kappa shape index (κ3) is 4.23. The zero-order valence-electron chi connectivity index (χ0n) is 17.2. The third-order valence-corrected chi connectivity index (χ3v) is 6.59. The molecule has 0 bridgehead atoms. The van der Waals surface area contributed by atoms with E-state index in [9.17, 15) is 13.6 Å². The molecule has 0 unspecified atom stereocenters. The maximum Gasteiger partial charge on any atom is 0.317 e. The molecule has 0 radical (unpaired) electrons. The Bertz CT molecular complexity index is 1280. The van der Waals surface area contributed by atoms with Crippen LogP contribution in [0.2, 0.25) is 0 Å². The number of fused-ring (bicyclic) bond motifs is 2. The molecule has 0 aliphatic carbocycles. The van der Waals surface area contributed by atoms with Gasteiger partial charge in [-0.3, -0.25) is 0 Å². The van der Waals surface area contributed by atoms with Crippen molar-refractivity contribution in [2.24, 2.45) is 0 Å². The molecule has 2 heterocycles. The van der Waals surface area contributed by atoms with E-state index in [1.165, 1.54) is 6.07 Å². The van der Waals surface area contributed by atoms with Crippen LogP contribution >= 0.6 is 11.3 Å². The Kier molecular flexibility index (Phi) is 5.61. The predicted molar refractivity (Wildman–Crippen MR) is 121 cm³/mol. The maximum atomic E-state index is 13.9. The Balaban J connectivity index is 1.16. The Hall–Kier alpha value is -3.26. The van der Waals surface area contributed by atoms with Crippen molar-refractivity contribution in [3.8, 4) is 5.19 Å². The number of urea groups is 1. The zero-order chi connectivity index (χ0) is 22.1. The molecule has 1 aliphatic heterocycles. The minimum Gasteiger partial charge on any atom is -0.467 e. The largest absolute Gasteiger partial charge is 0.467 e. The lowest BCUT2D eigenvalue weighted by atomic mass is 10.0. The van der Waals surface area contributed by atoms with Crippen LogP contribution in [0.1, 0.15) is 18.4 Å². The average Bonchev–Trinajstić information content (AvgIpc) is 3.20. The Morgan fingerprint density at radius 1 is 1.12 bits per heavy atom. The fourth-order valence-corrected chi connectivity index (χ4v) is 4.96. The molecular weight excluding hydrogens is 432 g/mol. The molecule has 0 spiro atoms. The van der Waals surface area contributed by atoms with Crippen LogP contribution in [0.5, 0.6) is 5.19 Å². The van der Waals surface area contributed by atoms with Gasteiger partial charge in [0.1, 0.15) is 17.4 Å². The van der Waals surface area contributed by atoms with E-state index in [0.29, 0.717) is 42.4 Å². The van der Waals surface area contributed by atoms with Gasteiger partial charge in [0.15, 0.2) is 5.82 Å². The normalized spacial score (nSPS) is 14.8. The van der Waals surface area contributed by atoms with Crippen molar-refractivity contribution in [3.05, 3.63) is 71.8 Å². The number of hydrogen-bond donors (Lipinski definition) is 1. The molecule has 1 aliphatic rings. The lowest BCUT2D eigenvalue weighted by Crippen LogP contribution is -2.46. The Labute approximate surface area is 187 Å². The van der Waals surface area contributed by atoms with Gasteiger partial charge in [0.2, 0.25) is 0 Å². The molecular formula is C24H21F2N3O2S. The molecule has 164 valence electrons. The maximum absolute atomic E-state index is 13.9. The quantitative estimate of drug-likeness (QED) is 0.445. The second-order valence-corrected chi connectivity index (χ2v) is 8.81. The van der Waals surface area contributed by atoms with E-state index in [1.54, 1.807) is 4.90 Å². The summed E-state index contributed by atoms with van der Waals surface area (Å²) in [6.45, 7) is 1.57. The number of piperidine rings is 1. The van der Waals surface area contributed by atoms with Crippen molar-refractivity contribution in [1.29, 1.82) is 0 Å². The lowest BCUT2D eigenvalue weighted by Gasteiger charge is -2.31. The number of halogens is 2. The SMILES string of the molecule is O=C(NCc1cccc2ccccc12)N1CCC(Oc2nc3c(F)cc(F)cc3s2)CC1. The number of likely N-dealkylation sites (tertiary alicyclic amines) is 1. The van der Waals surface area contributed by atoms with Crippen molar-refractivity contribution >= 4 is 38.4 Å². The number of thiazole rings is 1. The van der Waals surface area contributed by atoms with Crippen molar-refractivity contribution in [2.75, 3.05) is 13.1 Å². The number of rotatable bonds is 4. The van der Waals surface area contributed by atoms with Crippen molar-refractivity contribution in [2.45, 2.75) is 25.5 Å². The van der Waals surface area contributed by atoms with Crippen LogP contribution in [0.4, 0.5) is 13.6 Å². The first-order chi connectivity index (χ1) is 15.6. The van der Waals surface area contributed by atoms with E-state index in [4.69, 9.17) is 4.74 Å². The van der Waals surface area contributed by atoms with E-state index >= 15 is 0 Å². The van der Waals surface area contributed by atoms with E-state index < -0.39 is 11.6 Å². The van der Waals surface area contributed by atoms with Gasteiger partial charge in [-0.25, -0.2) is 13.6 Å². The van der Waals surface area contributed by atoms with E-state index in [0.717, 1.165) is 33.7 Å². The van der Waals surface area contributed by atoms with Gasteiger partial charge in [0.05, 0.1) is 4.70 Å². The Morgan fingerprint density at radius 3 is 2.75 bits per heavy atom. The topological polar surface area (TPSA) is 54.5 Å². The summed E-state index contributed by atoms with van der Waals surface area (Å²) in [5, 5.41) is 5.62. The number of carbonyl (C=O) groups is 1. The molecule has 1 aromatic heterocycles. The van der Waals surface area contributed by atoms with Crippen LogP contribution in [-0.2, 0) is 6.54 Å². The summed E-state index contributed by atoms with van der Waals surface area (Å²) >= 11 is 1.13. The van der Waals surface area contributed by atoms with Crippen molar-refractivity contribution in [1.82, 2.24) is 15.2 Å². The fraction of sp³-hybridized carbons (Fsp3) is 0.250. The highest BCUT2D eigenvalue weighted by Crippen LogP contribution is 2.32. The van der Waals surface area contributed by atoms with Crippen molar-refractivity contribution in [3.63, 3.8) is 0 Å². The van der Waals surface area contributed by atoms with Gasteiger partial charge in [-0.1, -0.05) is 53.8 Å². The number of carbonyl (C=O) groups excluding carboxylic acids is 1. The van der Waals surface area contributed by atoms with Crippen LogP contribution in [0.25, 0.3) is 21.0 Å². The van der Waals surface area contributed by atoms with E-state index in [1.807, 2.05) is 24.3 Å². The molecule has 8 heteroatoms. The summed E-state index contributed by atoms with van der Waals surface area (Å²) in [5.41, 5.74) is 1.20. The summed E-state index contributed by atoms with van der Waals surface area (Å²) < 4.78 is 33.6. The second-order valence-electron chi connectivity index (χ2n) is 7.82. The number of amides is 2. The summed E-state index contributed by atoms with van der Waals surface area (Å²) in [6.07, 6.45) is 1.17. The summed E-state index contributed by atoms with van der Waals surface area (Å²) in [7, 11) is 0. The average molecular weight is 454 g/mol. The Morgan fingerprint density at radius 2 is 1.91 bits per heavy atom. The third-order valence-electron chi connectivity index (χ3n) is 5.70. The van der Waals surface area contributed by atoms with Gasteiger partial charge in [-0.15, -0.1) is 0 Å². The highest BCUT2D eigenvalue weighted by Gasteiger charge is 2.25. The molecule has 0 saturated carbocycles. The van der Waals surface area contributed by atoms with Crippen LogP contribution in [0.15, 0.2) is 54.6 Å². The number of benzene rings is 3.